The molecule has 1 saturated carbocycles. The van der Waals surface area contributed by atoms with E-state index in [0.717, 1.165) is 11.7 Å². The second kappa shape index (κ2) is 6.15. The molecule has 1 aromatic carbocycles. The van der Waals surface area contributed by atoms with E-state index in [1.165, 1.54) is 57.4 Å². The van der Waals surface area contributed by atoms with E-state index in [2.05, 4.69) is 34.9 Å². The molecule has 2 N–H and O–H groups in total. The summed E-state index contributed by atoms with van der Waals surface area (Å²) < 4.78 is 0. The Hall–Kier alpha value is -1.06. The van der Waals surface area contributed by atoms with E-state index in [4.69, 9.17) is 5.73 Å². The Morgan fingerprint density at radius 1 is 1.10 bits per heavy atom. The molecule has 0 aromatic heterocycles. The lowest BCUT2D eigenvalue weighted by Gasteiger charge is -2.40. The molecular weight excluding hydrogens is 246 g/mol. The maximum absolute atomic E-state index is 5.90. The number of rotatable bonds is 3. The van der Waals surface area contributed by atoms with E-state index in [1.807, 2.05) is 6.07 Å². The van der Waals surface area contributed by atoms with E-state index in [9.17, 15) is 0 Å². The Morgan fingerprint density at radius 3 is 2.45 bits per heavy atom. The fraction of sp³-hybridized carbons (Fsp3) is 0.647. The second-order valence-electron chi connectivity index (χ2n) is 6.36. The van der Waals surface area contributed by atoms with Gasteiger partial charge in [0.05, 0.1) is 0 Å². The van der Waals surface area contributed by atoms with Gasteiger partial charge in [0, 0.05) is 44.0 Å². The van der Waals surface area contributed by atoms with E-state index in [1.54, 1.807) is 0 Å². The maximum atomic E-state index is 5.90. The molecule has 0 bridgehead atoms. The van der Waals surface area contributed by atoms with Crippen molar-refractivity contribution < 1.29 is 0 Å². The van der Waals surface area contributed by atoms with Crippen LogP contribution in [-0.4, -0.2) is 42.0 Å². The zero-order valence-electron chi connectivity index (χ0n) is 12.6. The van der Waals surface area contributed by atoms with Crippen LogP contribution < -0.4 is 5.73 Å². The van der Waals surface area contributed by atoms with Gasteiger partial charge in [0.25, 0.3) is 0 Å². The molecule has 1 atom stereocenters. The molecule has 0 amide bonds. The first-order chi connectivity index (χ1) is 9.74. The molecule has 2 aliphatic rings. The third-order valence-corrected chi connectivity index (χ3v) is 5.13. The average molecular weight is 273 g/mol. The molecule has 3 nitrogen and oxygen atoms in total. The van der Waals surface area contributed by atoms with Gasteiger partial charge in [-0.2, -0.15) is 0 Å². The van der Waals surface area contributed by atoms with Gasteiger partial charge in [0.2, 0.25) is 0 Å². The third kappa shape index (κ3) is 2.99. The predicted octanol–water partition coefficient (Wildman–Crippen LogP) is 2.89. The summed E-state index contributed by atoms with van der Waals surface area (Å²) in [6.45, 7) is 7.15. The maximum Gasteiger partial charge on any atom is 0.0321 e. The molecule has 0 spiro atoms. The molecule has 0 radical (unpaired) electrons. The van der Waals surface area contributed by atoms with Crippen LogP contribution in [0.4, 0.5) is 5.69 Å². The normalized spacial score (nSPS) is 24.1. The van der Waals surface area contributed by atoms with Crippen molar-refractivity contribution in [3.05, 3.63) is 29.8 Å². The lowest BCUT2D eigenvalue weighted by molar-refractivity contribution is 0.0751. The Balaban J connectivity index is 1.57. The summed E-state index contributed by atoms with van der Waals surface area (Å²) in [6.07, 6.45) is 5.71. The van der Waals surface area contributed by atoms with Gasteiger partial charge in [-0.1, -0.05) is 25.0 Å². The van der Waals surface area contributed by atoms with Crippen molar-refractivity contribution in [3.8, 4) is 0 Å². The largest absolute Gasteiger partial charge is 0.399 e. The number of hydrogen-bond acceptors (Lipinski definition) is 3. The first-order valence-corrected chi connectivity index (χ1v) is 8.07. The molecule has 3 rings (SSSR count). The lowest BCUT2D eigenvalue weighted by Crippen LogP contribution is -2.50. The van der Waals surface area contributed by atoms with Gasteiger partial charge in [-0.3, -0.25) is 9.80 Å². The van der Waals surface area contributed by atoms with Crippen LogP contribution in [0.15, 0.2) is 24.3 Å². The minimum absolute atomic E-state index is 0.476. The SMILES string of the molecule is CC(c1cccc(N)c1)N1CCN(C2CCCC2)CC1. The molecule has 1 saturated heterocycles. The number of hydrogen-bond donors (Lipinski definition) is 1. The Morgan fingerprint density at radius 2 is 1.80 bits per heavy atom. The van der Waals surface area contributed by atoms with Gasteiger partial charge in [-0.15, -0.1) is 0 Å². The molecule has 2 fully saturated rings. The van der Waals surface area contributed by atoms with Crippen LogP contribution in [0, 0.1) is 0 Å². The summed E-state index contributed by atoms with van der Waals surface area (Å²) in [5.41, 5.74) is 8.12. The summed E-state index contributed by atoms with van der Waals surface area (Å²) in [5, 5.41) is 0. The minimum Gasteiger partial charge on any atom is -0.399 e. The summed E-state index contributed by atoms with van der Waals surface area (Å²) >= 11 is 0. The molecule has 3 heteroatoms. The number of nitrogens with zero attached hydrogens (tertiary/aromatic N) is 2. The summed E-state index contributed by atoms with van der Waals surface area (Å²) in [5.74, 6) is 0. The van der Waals surface area contributed by atoms with Crippen LogP contribution >= 0.6 is 0 Å². The van der Waals surface area contributed by atoms with Crippen molar-refractivity contribution in [1.82, 2.24) is 9.80 Å². The molecular formula is C17H27N3. The Labute approximate surface area is 122 Å². The number of benzene rings is 1. The zero-order chi connectivity index (χ0) is 13.9. The zero-order valence-corrected chi connectivity index (χ0v) is 12.6. The monoisotopic (exact) mass is 273 g/mol. The van der Waals surface area contributed by atoms with E-state index >= 15 is 0 Å². The van der Waals surface area contributed by atoms with Gasteiger partial charge in [-0.25, -0.2) is 0 Å². The Bertz CT molecular complexity index is 432. The number of nitrogens with two attached hydrogens (primary N) is 1. The van der Waals surface area contributed by atoms with Gasteiger partial charge in [-0.05, 0) is 37.5 Å². The van der Waals surface area contributed by atoms with Crippen molar-refractivity contribution in [2.45, 2.75) is 44.7 Å². The van der Waals surface area contributed by atoms with Gasteiger partial charge in [0.15, 0.2) is 0 Å². The van der Waals surface area contributed by atoms with Gasteiger partial charge in [0.1, 0.15) is 0 Å². The van der Waals surface area contributed by atoms with Crippen molar-refractivity contribution in [2.75, 3.05) is 31.9 Å². The van der Waals surface area contributed by atoms with Crippen molar-refractivity contribution in [3.63, 3.8) is 0 Å². The van der Waals surface area contributed by atoms with Crippen LogP contribution in [0.25, 0.3) is 0 Å². The van der Waals surface area contributed by atoms with Crippen molar-refractivity contribution >= 4 is 5.69 Å². The van der Waals surface area contributed by atoms with Crippen molar-refractivity contribution in [1.29, 1.82) is 0 Å². The summed E-state index contributed by atoms with van der Waals surface area (Å²) in [4.78, 5) is 5.32. The highest BCUT2D eigenvalue weighted by atomic mass is 15.3. The summed E-state index contributed by atoms with van der Waals surface area (Å²) in [6, 6.07) is 9.70. The van der Waals surface area contributed by atoms with Gasteiger partial charge >= 0.3 is 0 Å². The van der Waals surface area contributed by atoms with Crippen molar-refractivity contribution in [2.24, 2.45) is 0 Å². The van der Waals surface area contributed by atoms with Crippen LogP contribution in [-0.2, 0) is 0 Å². The molecule has 1 aliphatic carbocycles. The fourth-order valence-corrected chi connectivity index (χ4v) is 3.79. The molecule has 1 heterocycles. The lowest BCUT2D eigenvalue weighted by atomic mass is 10.0. The quantitative estimate of drug-likeness (QED) is 0.860. The van der Waals surface area contributed by atoms with Crippen LogP contribution in [0.5, 0.6) is 0 Å². The Kier molecular flexibility index (Phi) is 4.27. The highest BCUT2D eigenvalue weighted by Crippen LogP contribution is 2.27. The van der Waals surface area contributed by atoms with E-state index in [-0.39, 0.29) is 0 Å². The first-order valence-electron chi connectivity index (χ1n) is 8.07. The third-order valence-electron chi connectivity index (χ3n) is 5.13. The topological polar surface area (TPSA) is 32.5 Å². The predicted molar refractivity (Wildman–Crippen MR) is 84.7 cm³/mol. The van der Waals surface area contributed by atoms with Crippen LogP contribution in [0.1, 0.15) is 44.2 Å². The highest BCUT2D eigenvalue weighted by Gasteiger charge is 2.27. The smallest absolute Gasteiger partial charge is 0.0321 e. The average Bonchev–Trinajstić information content (AvgIpc) is 3.01. The number of nitrogen functional groups attached to an aromatic ring is 1. The first kappa shape index (κ1) is 13.9. The second-order valence-corrected chi connectivity index (χ2v) is 6.36. The fourth-order valence-electron chi connectivity index (χ4n) is 3.79. The van der Waals surface area contributed by atoms with Crippen LogP contribution in [0.3, 0.4) is 0 Å². The highest BCUT2D eigenvalue weighted by molar-refractivity contribution is 5.41. The van der Waals surface area contributed by atoms with E-state index < -0.39 is 0 Å². The molecule has 110 valence electrons. The molecule has 1 aliphatic heterocycles. The number of anilines is 1. The van der Waals surface area contributed by atoms with E-state index in [0.29, 0.717) is 6.04 Å². The number of piperazine rings is 1. The standard InChI is InChI=1S/C17H27N3/c1-14(15-5-4-6-16(18)13-15)19-9-11-20(12-10-19)17-7-2-3-8-17/h4-6,13-14,17H,2-3,7-12,18H2,1H3. The van der Waals surface area contributed by atoms with Crippen LogP contribution in [0.2, 0.25) is 0 Å². The molecule has 1 aromatic rings. The summed E-state index contributed by atoms with van der Waals surface area (Å²) in [7, 11) is 0. The minimum atomic E-state index is 0.476. The van der Waals surface area contributed by atoms with Gasteiger partial charge < -0.3 is 5.73 Å². The molecule has 20 heavy (non-hydrogen) atoms. The molecule has 1 unspecified atom stereocenters.